The molecule has 0 saturated carbocycles. The van der Waals surface area contributed by atoms with Gasteiger partial charge in [-0.15, -0.1) is 0 Å². The van der Waals surface area contributed by atoms with E-state index < -0.39 is 6.04 Å². The molecular formula is C26H29N3O2. The molecule has 0 radical (unpaired) electrons. The van der Waals surface area contributed by atoms with Crippen molar-refractivity contribution in [2.45, 2.75) is 26.3 Å². The summed E-state index contributed by atoms with van der Waals surface area (Å²) >= 11 is 0. The average molecular weight is 416 g/mol. The lowest BCUT2D eigenvalue weighted by Crippen LogP contribution is -2.39. The van der Waals surface area contributed by atoms with Gasteiger partial charge in [-0.05, 0) is 49.7 Å². The Morgan fingerprint density at radius 1 is 0.871 bits per heavy atom. The molecule has 0 aromatic heterocycles. The first-order chi connectivity index (χ1) is 15.0. The third-order valence-electron chi connectivity index (χ3n) is 5.19. The first-order valence-electron chi connectivity index (χ1n) is 10.5. The molecule has 1 unspecified atom stereocenters. The molecule has 3 rings (SSSR count). The Balaban J connectivity index is 1.76. The molecule has 0 aliphatic rings. The van der Waals surface area contributed by atoms with E-state index >= 15 is 0 Å². The Kier molecular flexibility index (Phi) is 7.57. The third kappa shape index (κ3) is 6.03. The SMILES string of the molecule is CCc1ccccc1NC(=O)CN(C)C(C(=O)Nc1ccc(C)cc1)c1ccccc1. The number of nitrogens with one attached hydrogen (secondary N) is 2. The molecular weight excluding hydrogens is 386 g/mol. The molecule has 0 aliphatic carbocycles. The molecule has 31 heavy (non-hydrogen) atoms. The second-order valence-corrected chi connectivity index (χ2v) is 7.64. The fourth-order valence-corrected chi connectivity index (χ4v) is 3.55. The highest BCUT2D eigenvalue weighted by Gasteiger charge is 2.27. The first-order valence-corrected chi connectivity index (χ1v) is 10.5. The van der Waals surface area contributed by atoms with E-state index in [4.69, 9.17) is 0 Å². The smallest absolute Gasteiger partial charge is 0.246 e. The van der Waals surface area contributed by atoms with Gasteiger partial charge in [0.25, 0.3) is 0 Å². The van der Waals surface area contributed by atoms with Crippen LogP contribution in [0.15, 0.2) is 78.9 Å². The number of rotatable bonds is 8. The maximum Gasteiger partial charge on any atom is 0.246 e. The lowest BCUT2D eigenvalue weighted by atomic mass is 10.0. The number of nitrogens with zero attached hydrogens (tertiary/aromatic N) is 1. The predicted molar refractivity (Wildman–Crippen MR) is 126 cm³/mol. The number of carbonyl (C=O) groups excluding carboxylic acids is 2. The van der Waals surface area contributed by atoms with Gasteiger partial charge >= 0.3 is 0 Å². The summed E-state index contributed by atoms with van der Waals surface area (Å²) in [6.07, 6.45) is 0.831. The van der Waals surface area contributed by atoms with Crippen molar-refractivity contribution in [1.29, 1.82) is 0 Å². The molecule has 0 bridgehead atoms. The lowest BCUT2D eigenvalue weighted by molar-refractivity contribution is -0.123. The number of benzene rings is 3. The molecule has 0 fully saturated rings. The quantitative estimate of drug-likeness (QED) is 0.555. The number of hydrogen-bond acceptors (Lipinski definition) is 3. The van der Waals surface area contributed by atoms with Crippen molar-refractivity contribution in [2.75, 3.05) is 24.2 Å². The fraction of sp³-hybridized carbons (Fsp3) is 0.231. The number of para-hydroxylation sites is 1. The minimum absolute atomic E-state index is 0.0823. The number of hydrogen-bond donors (Lipinski definition) is 2. The van der Waals surface area contributed by atoms with Gasteiger partial charge in [-0.3, -0.25) is 14.5 Å². The van der Waals surface area contributed by atoms with E-state index in [9.17, 15) is 9.59 Å². The third-order valence-corrected chi connectivity index (χ3v) is 5.19. The Morgan fingerprint density at radius 3 is 2.19 bits per heavy atom. The van der Waals surface area contributed by atoms with Gasteiger partial charge in [0.2, 0.25) is 11.8 Å². The molecule has 160 valence electrons. The van der Waals surface area contributed by atoms with Gasteiger partial charge in [-0.25, -0.2) is 0 Å². The summed E-state index contributed by atoms with van der Waals surface area (Å²) in [5, 5.41) is 5.96. The van der Waals surface area contributed by atoms with Gasteiger partial charge in [-0.2, -0.15) is 0 Å². The minimum atomic E-state index is -0.602. The van der Waals surface area contributed by atoms with Crippen LogP contribution in [0.3, 0.4) is 0 Å². The van der Waals surface area contributed by atoms with Crippen molar-refractivity contribution in [2.24, 2.45) is 0 Å². The molecule has 3 aromatic rings. The molecule has 5 heteroatoms. The van der Waals surface area contributed by atoms with Crippen LogP contribution in [0, 0.1) is 6.92 Å². The molecule has 0 aliphatic heterocycles. The minimum Gasteiger partial charge on any atom is -0.325 e. The van der Waals surface area contributed by atoms with Crippen LogP contribution in [0.4, 0.5) is 11.4 Å². The van der Waals surface area contributed by atoms with Crippen LogP contribution in [0.5, 0.6) is 0 Å². The zero-order valence-electron chi connectivity index (χ0n) is 18.3. The van der Waals surface area contributed by atoms with E-state index in [1.54, 1.807) is 11.9 Å². The number of carbonyl (C=O) groups is 2. The largest absolute Gasteiger partial charge is 0.325 e. The molecule has 1 atom stereocenters. The highest BCUT2D eigenvalue weighted by atomic mass is 16.2. The van der Waals surface area contributed by atoms with Crippen LogP contribution >= 0.6 is 0 Å². The van der Waals surface area contributed by atoms with Gasteiger partial charge in [0.1, 0.15) is 6.04 Å². The van der Waals surface area contributed by atoms with E-state index in [1.165, 1.54) is 0 Å². The average Bonchev–Trinajstić information content (AvgIpc) is 2.76. The van der Waals surface area contributed by atoms with Crippen molar-refractivity contribution in [1.82, 2.24) is 4.90 Å². The zero-order chi connectivity index (χ0) is 22.2. The second kappa shape index (κ2) is 10.5. The summed E-state index contributed by atoms with van der Waals surface area (Å²) in [5.74, 6) is -0.341. The van der Waals surface area contributed by atoms with Crippen molar-refractivity contribution in [3.63, 3.8) is 0 Å². The monoisotopic (exact) mass is 415 g/mol. The van der Waals surface area contributed by atoms with Crippen molar-refractivity contribution in [3.8, 4) is 0 Å². The summed E-state index contributed by atoms with van der Waals surface area (Å²) in [5.41, 5.74) is 4.57. The molecule has 2 N–H and O–H groups in total. The van der Waals surface area contributed by atoms with Crippen LogP contribution in [0.1, 0.15) is 29.7 Å². The fourth-order valence-electron chi connectivity index (χ4n) is 3.55. The Labute approximate surface area is 184 Å². The summed E-state index contributed by atoms with van der Waals surface area (Å²) in [7, 11) is 1.79. The van der Waals surface area contributed by atoms with E-state index in [2.05, 4.69) is 17.6 Å². The predicted octanol–water partition coefficient (Wildman–Crippen LogP) is 4.81. The van der Waals surface area contributed by atoms with Crippen LogP contribution in [-0.4, -0.2) is 30.3 Å². The normalized spacial score (nSPS) is 11.7. The van der Waals surface area contributed by atoms with Crippen molar-refractivity contribution >= 4 is 23.2 Å². The van der Waals surface area contributed by atoms with Gasteiger partial charge in [0.15, 0.2) is 0 Å². The van der Waals surface area contributed by atoms with E-state index in [0.29, 0.717) is 0 Å². The maximum atomic E-state index is 13.2. The lowest BCUT2D eigenvalue weighted by Gasteiger charge is -2.27. The standard InChI is InChI=1S/C26H29N3O2/c1-4-20-10-8-9-13-23(20)28-24(30)18-29(3)25(21-11-6-5-7-12-21)26(31)27-22-16-14-19(2)15-17-22/h5-17,25H,4,18H2,1-3H3,(H,27,31)(H,28,30). The molecule has 0 spiro atoms. The van der Waals surface area contributed by atoms with Crippen molar-refractivity contribution in [3.05, 3.63) is 95.6 Å². The number of aryl methyl sites for hydroxylation is 2. The summed E-state index contributed by atoms with van der Waals surface area (Å²) in [6, 6.07) is 24.3. The van der Waals surface area contributed by atoms with Gasteiger partial charge < -0.3 is 10.6 Å². The molecule has 2 amide bonds. The first kappa shape index (κ1) is 22.2. The summed E-state index contributed by atoms with van der Waals surface area (Å²) in [6.45, 7) is 4.14. The topological polar surface area (TPSA) is 61.4 Å². The van der Waals surface area contributed by atoms with E-state index in [0.717, 1.165) is 34.5 Å². The van der Waals surface area contributed by atoms with Crippen LogP contribution in [0.2, 0.25) is 0 Å². The number of amides is 2. The van der Waals surface area contributed by atoms with Gasteiger partial charge in [0.05, 0.1) is 6.54 Å². The summed E-state index contributed by atoms with van der Waals surface area (Å²) in [4.78, 5) is 27.7. The maximum absolute atomic E-state index is 13.2. The molecule has 3 aromatic carbocycles. The van der Waals surface area contributed by atoms with Crippen molar-refractivity contribution < 1.29 is 9.59 Å². The molecule has 5 nitrogen and oxygen atoms in total. The van der Waals surface area contributed by atoms with E-state index in [1.807, 2.05) is 85.8 Å². The van der Waals surface area contributed by atoms with Crippen LogP contribution in [-0.2, 0) is 16.0 Å². The highest BCUT2D eigenvalue weighted by molar-refractivity contribution is 5.97. The Bertz CT molecular complexity index is 1020. The second-order valence-electron chi connectivity index (χ2n) is 7.64. The Hall–Kier alpha value is -3.44. The Morgan fingerprint density at radius 2 is 1.52 bits per heavy atom. The van der Waals surface area contributed by atoms with Gasteiger partial charge in [-0.1, -0.05) is 73.2 Å². The summed E-state index contributed by atoms with van der Waals surface area (Å²) < 4.78 is 0. The number of anilines is 2. The molecule has 0 heterocycles. The number of likely N-dealkylation sites (N-methyl/N-ethyl adjacent to an activating group) is 1. The van der Waals surface area contributed by atoms with E-state index in [-0.39, 0.29) is 18.4 Å². The zero-order valence-corrected chi connectivity index (χ0v) is 18.3. The molecule has 0 saturated heterocycles. The highest BCUT2D eigenvalue weighted by Crippen LogP contribution is 2.22. The van der Waals surface area contributed by atoms with Crippen LogP contribution in [0.25, 0.3) is 0 Å². The van der Waals surface area contributed by atoms with Gasteiger partial charge in [0, 0.05) is 11.4 Å². The van der Waals surface area contributed by atoms with Crippen LogP contribution < -0.4 is 10.6 Å².